The maximum atomic E-state index is 15.5. The Morgan fingerprint density at radius 2 is 2.03 bits per heavy atom. The molecule has 1 aliphatic heterocycles. The zero-order valence-electron chi connectivity index (χ0n) is 17.9. The summed E-state index contributed by atoms with van der Waals surface area (Å²) in [7, 11) is -4.39. The van der Waals surface area contributed by atoms with Crippen molar-refractivity contribution < 1.29 is 22.0 Å². The van der Waals surface area contributed by atoms with Crippen molar-refractivity contribution in [3.63, 3.8) is 0 Å². The van der Waals surface area contributed by atoms with Gasteiger partial charge in [-0.05, 0) is 62.9 Å². The van der Waals surface area contributed by atoms with Crippen LogP contribution in [0.1, 0.15) is 53.4 Å². The lowest BCUT2D eigenvalue weighted by Crippen LogP contribution is -2.64. The molecule has 1 saturated carbocycles. The van der Waals surface area contributed by atoms with Crippen LogP contribution < -0.4 is 11.1 Å². The molecule has 1 aromatic carbocycles. The maximum Gasteiger partial charge on any atom is 0.274 e. The van der Waals surface area contributed by atoms with Crippen LogP contribution >= 0.6 is 0 Å². The Kier molecular flexibility index (Phi) is 5.24. The minimum absolute atomic E-state index is 0.0453. The maximum absolute atomic E-state index is 15.5. The number of anilines is 1. The van der Waals surface area contributed by atoms with E-state index in [0.717, 1.165) is 12.1 Å². The first kappa shape index (κ1) is 22.8. The quantitative estimate of drug-likeness (QED) is 0.703. The minimum Gasteiger partial charge on any atom is -0.386 e. The highest BCUT2D eigenvalue weighted by atomic mass is 32.2. The van der Waals surface area contributed by atoms with E-state index in [1.54, 1.807) is 6.92 Å². The Balaban J connectivity index is 1.72. The SMILES string of the molecule is Cc1cc(C#N)cnc1C(=O)Nc1ccc(F)c([C@@]2(C)N=C(N)C3(CCC3)S(=O)(=O)[C@@H]2F)c1. The van der Waals surface area contributed by atoms with Gasteiger partial charge in [-0.15, -0.1) is 0 Å². The van der Waals surface area contributed by atoms with Gasteiger partial charge >= 0.3 is 0 Å². The molecule has 172 valence electrons. The Morgan fingerprint density at radius 3 is 2.61 bits per heavy atom. The normalized spacial score (nSPS) is 24.9. The van der Waals surface area contributed by atoms with Crippen LogP contribution in [0.3, 0.4) is 0 Å². The van der Waals surface area contributed by atoms with E-state index in [9.17, 15) is 17.6 Å². The van der Waals surface area contributed by atoms with Crippen LogP contribution in [0, 0.1) is 24.1 Å². The number of sulfone groups is 1. The van der Waals surface area contributed by atoms with E-state index in [4.69, 9.17) is 11.0 Å². The average molecular weight is 474 g/mol. The Labute approximate surface area is 189 Å². The lowest BCUT2D eigenvalue weighted by molar-refractivity contribution is 0.102. The lowest BCUT2D eigenvalue weighted by atomic mass is 9.82. The number of halogens is 2. The first-order chi connectivity index (χ1) is 15.5. The third kappa shape index (κ3) is 3.28. The smallest absolute Gasteiger partial charge is 0.274 e. The first-order valence-electron chi connectivity index (χ1n) is 10.2. The van der Waals surface area contributed by atoms with Crippen LogP contribution in [0.15, 0.2) is 35.5 Å². The predicted molar refractivity (Wildman–Crippen MR) is 117 cm³/mol. The summed E-state index contributed by atoms with van der Waals surface area (Å²) in [5.41, 5.74) is 1.87. The fourth-order valence-corrected chi connectivity index (χ4v) is 6.70. The van der Waals surface area contributed by atoms with Crippen LogP contribution in [-0.2, 0) is 15.4 Å². The van der Waals surface area contributed by atoms with Gasteiger partial charge < -0.3 is 11.1 Å². The Bertz CT molecular complexity index is 1350. The number of aryl methyl sites for hydroxylation is 1. The van der Waals surface area contributed by atoms with Gasteiger partial charge in [-0.2, -0.15) is 5.26 Å². The fourth-order valence-electron chi connectivity index (χ4n) is 4.32. The molecule has 0 bridgehead atoms. The van der Waals surface area contributed by atoms with Crippen LogP contribution in [-0.4, -0.2) is 35.4 Å². The average Bonchev–Trinajstić information content (AvgIpc) is 2.72. The van der Waals surface area contributed by atoms with E-state index in [0.29, 0.717) is 12.0 Å². The highest BCUT2D eigenvalue weighted by Crippen LogP contribution is 2.51. The van der Waals surface area contributed by atoms with E-state index < -0.39 is 37.4 Å². The van der Waals surface area contributed by atoms with E-state index in [-0.39, 0.29) is 41.2 Å². The number of rotatable bonds is 3. The highest BCUT2D eigenvalue weighted by molar-refractivity contribution is 7.94. The topological polar surface area (TPSA) is 138 Å². The first-order valence-corrected chi connectivity index (χ1v) is 11.7. The molecular weight excluding hydrogens is 452 g/mol. The molecule has 0 unspecified atom stereocenters. The molecule has 33 heavy (non-hydrogen) atoms. The van der Waals surface area contributed by atoms with Gasteiger partial charge in [-0.25, -0.2) is 22.2 Å². The number of hydrogen-bond donors (Lipinski definition) is 2. The second kappa shape index (κ2) is 7.59. The van der Waals surface area contributed by atoms with Gasteiger partial charge in [0.05, 0.1) is 5.56 Å². The summed E-state index contributed by atoms with van der Waals surface area (Å²) in [5.74, 6) is -1.75. The summed E-state index contributed by atoms with van der Waals surface area (Å²) in [6.07, 6.45) is 2.18. The number of carbonyl (C=O) groups is 1. The molecule has 2 aromatic rings. The van der Waals surface area contributed by atoms with E-state index in [1.165, 1.54) is 25.3 Å². The summed E-state index contributed by atoms with van der Waals surface area (Å²) in [6.45, 7) is 2.78. The van der Waals surface area contributed by atoms with Crippen LogP contribution in [0.2, 0.25) is 0 Å². The molecule has 2 atom stereocenters. The number of carbonyl (C=O) groups excluding carboxylic acids is 1. The number of amidine groups is 1. The molecule has 1 aromatic heterocycles. The fraction of sp³-hybridized carbons (Fsp3) is 0.364. The molecule has 1 fully saturated rings. The van der Waals surface area contributed by atoms with Crippen molar-refractivity contribution in [3.05, 3.63) is 58.7 Å². The molecule has 0 saturated heterocycles. The van der Waals surface area contributed by atoms with Gasteiger partial charge in [-0.3, -0.25) is 9.79 Å². The molecule has 11 heteroatoms. The zero-order chi connectivity index (χ0) is 24.2. The van der Waals surface area contributed by atoms with Gasteiger partial charge in [0.2, 0.25) is 5.50 Å². The summed E-state index contributed by atoms with van der Waals surface area (Å²) >= 11 is 0. The van der Waals surface area contributed by atoms with E-state index in [1.807, 2.05) is 6.07 Å². The van der Waals surface area contributed by atoms with Gasteiger partial charge in [0, 0.05) is 17.4 Å². The summed E-state index contributed by atoms with van der Waals surface area (Å²) in [6, 6.07) is 6.81. The lowest BCUT2D eigenvalue weighted by Gasteiger charge is -2.48. The summed E-state index contributed by atoms with van der Waals surface area (Å²) in [5, 5.41) is 11.5. The molecule has 2 heterocycles. The number of aromatic nitrogens is 1. The number of amides is 1. The molecule has 1 spiro atoms. The molecule has 2 aliphatic rings. The summed E-state index contributed by atoms with van der Waals surface area (Å²) < 4.78 is 54.8. The second-order valence-corrected chi connectivity index (χ2v) is 10.8. The minimum atomic E-state index is -4.39. The van der Waals surface area contributed by atoms with Crippen molar-refractivity contribution in [2.75, 3.05) is 5.32 Å². The highest BCUT2D eigenvalue weighted by Gasteiger charge is 2.64. The third-order valence-corrected chi connectivity index (χ3v) is 9.14. The number of aliphatic imine (C=N–C) groups is 1. The van der Waals surface area contributed by atoms with Crippen molar-refractivity contribution in [2.24, 2.45) is 10.7 Å². The number of nitrogens with two attached hydrogens (primary N) is 1. The van der Waals surface area contributed by atoms with Gasteiger partial charge in [0.25, 0.3) is 5.91 Å². The third-order valence-electron chi connectivity index (χ3n) is 6.43. The predicted octanol–water partition coefficient (Wildman–Crippen LogP) is 2.87. The number of nitrogens with zero attached hydrogens (tertiary/aromatic N) is 3. The largest absolute Gasteiger partial charge is 0.386 e. The molecule has 8 nitrogen and oxygen atoms in total. The number of hydrogen-bond acceptors (Lipinski definition) is 7. The van der Waals surface area contributed by atoms with E-state index in [2.05, 4.69) is 15.3 Å². The van der Waals surface area contributed by atoms with Crippen molar-refractivity contribution in [1.29, 1.82) is 5.26 Å². The molecule has 1 aliphatic carbocycles. The Morgan fingerprint density at radius 1 is 1.33 bits per heavy atom. The van der Waals surface area contributed by atoms with Crippen LogP contribution in [0.5, 0.6) is 0 Å². The van der Waals surface area contributed by atoms with Crippen LogP contribution in [0.4, 0.5) is 14.5 Å². The van der Waals surface area contributed by atoms with Gasteiger partial charge in [0.1, 0.15) is 33.7 Å². The van der Waals surface area contributed by atoms with E-state index >= 15 is 4.39 Å². The second-order valence-electron chi connectivity index (χ2n) is 8.50. The monoisotopic (exact) mass is 473 g/mol. The number of pyridine rings is 1. The number of nitriles is 1. The zero-order valence-corrected chi connectivity index (χ0v) is 18.7. The standard InChI is InChI=1S/C22H21F2N5O3S/c1-12-8-13(10-25)11-27-17(12)18(30)28-14-4-5-16(23)15(9-14)21(2)19(24)33(31,32)22(6-3-7-22)20(26)29-21/h4-5,8-9,11,19H,3,6-7H2,1-2H3,(H2,26,29)(H,28,30)/t19-,21+/m0/s1. The van der Waals surface area contributed by atoms with Crippen molar-refractivity contribution in [3.8, 4) is 6.07 Å². The molecular formula is C22H21F2N5O3S. The van der Waals surface area contributed by atoms with Gasteiger partial charge in [-0.1, -0.05) is 0 Å². The van der Waals surface area contributed by atoms with Crippen LogP contribution in [0.25, 0.3) is 0 Å². The molecule has 3 N–H and O–H groups in total. The number of nitrogens with one attached hydrogen (secondary N) is 1. The molecule has 4 rings (SSSR count). The summed E-state index contributed by atoms with van der Waals surface area (Å²) in [4.78, 5) is 20.8. The Hall–Kier alpha value is -3.39. The van der Waals surface area contributed by atoms with Crippen molar-refractivity contribution >= 4 is 27.3 Å². The van der Waals surface area contributed by atoms with Crippen molar-refractivity contribution in [1.82, 2.24) is 4.98 Å². The van der Waals surface area contributed by atoms with Gasteiger partial charge in [0.15, 0.2) is 9.84 Å². The number of alkyl halides is 1. The number of benzene rings is 1. The molecule has 1 amide bonds. The molecule has 0 radical (unpaired) electrons. The van der Waals surface area contributed by atoms with Crippen molar-refractivity contribution in [2.45, 2.75) is 48.9 Å².